The summed E-state index contributed by atoms with van der Waals surface area (Å²) in [5, 5.41) is 0.843. The Hall–Kier alpha value is -0.120. The number of hydrogen-bond acceptors (Lipinski definition) is 3. The van der Waals surface area contributed by atoms with Gasteiger partial charge in [0.2, 0.25) is 0 Å². The van der Waals surface area contributed by atoms with E-state index in [-0.39, 0.29) is 0 Å². The second-order valence-corrected chi connectivity index (χ2v) is 10.7. The summed E-state index contributed by atoms with van der Waals surface area (Å²) in [5.74, 6) is 2.23. The van der Waals surface area contributed by atoms with Crippen LogP contribution in [0.15, 0.2) is 30.3 Å². The van der Waals surface area contributed by atoms with Crippen molar-refractivity contribution in [2.75, 3.05) is 25.4 Å². The summed E-state index contributed by atoms with van der Waals surface area (Å²) >= 11 is 4.32. The van der Waals surface area contributed by atoms with Gasteiger partial charge in [-0.25, -0.2) is 0 Å². The molecule has 0 N–H and O–H groups in total. The molecule has 2 heterocycles. The molecule has 1 atom stereocenters. The van der Waals surface area contributed by atoms with E-state index in [4.69, 9.17) is 0 Å². The molecule has 0 bridgehead atoms. The zero-order valence-corrected chi connectivity index (χ0v) is 14.9. The third-order valence-corrected chi connectivity index (χ3v) is 7.94. The normalized spacial score (nSPS) is 27.0. The molecule has 1 unspecified atom stereocenters. The molecule has 0 amide bonds. The van der Waals surface area contributed by atoms with Crippen LogP contribution < -0.4 is 0 Å². The molecule has 1 aromatic carbocycles. The molecule has 2 aliphatic rings. The predicted molar refractivity (Wildman–Crippen MR) is 97.2 cm³/mol. The van der Waals surface area contributed by atoms with Crippen molar-refractivity contribution in [1.29, 1.82) is 0 Å². The van der Waals surface area contributed by atoms with E-state index in [0.29, 0.717) is 4.08 Å². The van der Waals surface area contributed by atoms with Crippen LogP contribution in [0, 0.1) is 5.92 Å². The molecule has 0 aliphatic carbocycles. The Kier molecular flexibility index (Phi) is 5.23. The lowest BCUT2D eigenvalue weighted by atomic mass is 9.90. The summed E-state index contributed by atoms with van der Waals surface area (Å²) < 4.78 is 0.441. The van der Waals surface area contributed by atoms with E-state index in [0.717, 1.165) is 11.2 Å². The van der Waals surface area contributed by atoms with Gasteiger partial charge in [-0.15, -0.1) is 23.5 Å². The van der Waals surface area contributed by atoms with Gasteiger partial charge in [0.05, 0.1) is 4.08 Å². The molecule has 21 heavy (non-hydrogen) atoms. The first-order valence-electron chi connectivity index (χ1n) is 8.19. The lowest BCUT2D eigenvalue weighted by Gasteiger charge is -2.33. The van der Waals surface area contributed by atoms with E-state index >= 15 is 0 Å². The lowest BCUT2D eigenvalue weighted by molar-refractivity contribution is 0.186. The standard InChI is InChI=1S/C18H27NS2/c1-18(2)20-14-17(21-18)13-19-10-8-16(9-11-19)12-15-6-4-3-5-7-15/h3-7,16-17H,8-14H2,1-2H3. The fraction of sp³-hybridized carbons (Fsp3) is 0.667. The van der Waals surface area contributed by atoms with Gasteiger partial charge in [0.15, 0.2) is 0 Å². The summed E-state index contributed by atoms with van der Waals surface area (Å²) in [6.07, 6.45) is 4.03. The summed E-state index contributed by atoms with van der Waals surface area (Å²) in [7, 11) is 0. The van der Waals surface area contributed by atoms with Gasteiger partial charge in [0.25, 0.3) is 0 Å². The zero-order chi connectivity index (χ0) is 14.7. The van der Waals surface area contributed by atoms with E-state index in [1.165, 1.54) is 50.2 Å². The minimum absolute atomic E-state index is 0.441. The van der Waals surface area contributed by atoms with Crippen LogP contribution in [0.3, 0.4) is 0 Å². The third kappa shape index (κ3) is 4.67. The molecule has 1 nitrogen and oxygen atoms in total. The maximum Gasteiger partial charge on any atom is 0.0559 e. The number of piperidine rings is 1. The van der Waals surface area contributed by atoms with Crippen molar-refractivity contribution in [3.05, 3.63) is 35.9 Å². The fourth-order valence-corrected chi connectivity index (χ4v) is 6.60. The van der Waals surface area contributed by atoms with Gasteiger partial charge in [-0.2, -0.15) is 0 Å². The van der Waals surface area contributed by atoms with Crippen molar-refractivity contribution in [2.24, 2.45) is 5.92 Å². The van der Waals surface area contributed by atoms with Crippen LogP contribution >= 0.6 is 23.5 Å². The molecule has 0 aromatic heterocycles. The second kappa shape index (κ2) is 6.97. The van der Waals surface area contributed by atoms with Crippen LogP contribution in [-0.2, 0) is 6.42 Å². The minimum atomic E-state index is 0.441. The summed E-state index contributed by atoms with van der Waals surface area (Å²) in [5.41, 5.74) is 1.51. The molecule has 1 aromatic rings. The highest BCUT2D eigenvalue weighted by Gasteiger charge is 2.33. The van der Waals surface area contributed by atoms with E-state index in [1.54, 1.807) is 0 Å². The number of hydrogen-bond donors (Lipinski definition) is 0. The van der Waals surface area contributed by atoms with E-state index in [9.17, 15) is 0 Å². The Bertz CT molecular complexity index is 438. The van der Waals surface area contributed by atoms with Gasteiger partial charge in [0, 0.05) is 17.5 Å². The second-order valence-electron chi connectivity index (χ2n) is 6.88. The summed E-state index contributed by atoms with van der Waals surface area (Å²) in [4.78, 5) is 2.71. The average molecular weight is 322 g/mol. The highest BCUT2D eigenvalue weighted by molar-refractivity contribution is 8.21. The van der Waals surface area contributed by atoms with Gasteiger partial charge in [0.1, 0.15) is 0 Å². The van der Waals surface area contributed by atoms with Gasteiger partial charge in [-0.3, -0.25) is 0 Å². The SMILES string of the molecule is CC1(C)SCC(CN2CCC(Cc3ccccc3)CC2)S1. The molecule has 0 spiro atoms. The summed E-state index contributed by atoms with van der Waals surface area (Å²) in [6.45, 7) is 8.65. The van der Waals surface area contributed by atoms with Gasteiger partial charge < -0.3 is 4.90 Å². The molecule has 2 fully saturated rings. The van der Waals surface area contributed by atoms with Gasteiger partial charge in [-0.05, 0) is 57.7 Å². The van der Waals surface area contributed by atoms with E-state index in [2.05, 4.69) is 72.6 Å². The van der Waals surface area contributed by atoms with Gasteiger partial charge >= 0.3 is 0 Å². The van der Waals surface area contributed by atoms with E-state index in [1.807, 2.05) is 0 Å². The molecule has 3 rings (SSSR count). The quantitative estimate of drug-likeness (QED) is 0.802. The first kappa shape index (κ1) is 15.8. The van der Waals surface area contributed by atoms with Crippen molar-refractivity contribution < 1.29 is 0 Å². The zero-order valence-electron chi connectivity index (χ0n) is 13.3. The number of rotatable bonds is 4. The van der Waals surface area contributed by atoms with Crippen molar-refractivity contribution in [2.45, 2.75) is 42.4 Å². The molecular weight excluding hydrogens is 294 g/mol. The van der Waals surface area contributed by atoms with Crippen molar-refractivity contribution in [3.8, 4) is 0 Å². The Morgan fingerprint density at radius 3 is 2.48 bits per heavy atom. The third-order valence-electron chi connectivity index (χ3n) is 4.60. The molecule has 3 heteroatoms. The van der Waals surface area contributed by atoms with Crippen LogP contribution in [0.4, 0.5) is 0 Å². The maximum absolute atomic E-state index is 2.71. The predicted octanol–water partition coefficient (Wildman–Crippen LogP) is 4.53. The number of likely N-dealkylation sites (tertiary alicyclic amines) is 1. The Morgan fingerprint density at radius 1 is 1.14 bits per heavy atom. The van der Waals surface area contributed by atoms with Crippen LogP contribution in [0.5, 0.6) is 0 Å². The molecule has 116 valence electrons. The Labute approximate surface area is 138 Å². The van der Waals surface area contributed by atoms with Crippen LogP contribution in [0.2, 0.25) is 0 Å². The minimum Gasteiger partial charge on any atom is -0.302 e. The first-order valence-corrected chi connectivity index (χ1v) is 10.1. The Morgan fingerprint density at radius 2 is 1.86 bits per heavy atom. The largest absolute Gasteiger partial charge is 0.302 e. The van der Waals surface area contributed by atoms with Crippen LogP contribution in [0.25, 0.3) is 0 Å². The number of nitrogens with zero attached hydrogens (tertiary/aromatic N) is 1. The molecule has 0 radical (unpaired) electrons. The van der Waals surface area contributed by atoms with E-state index < -0.39 is 0 Å². The fourth-order valence-electron chi connectivity index (χ4n) is 3.46. The number of thioether (sulfide) groups is 2. The smallest absolute Gasteiger partial charge is 0.0559 e. The van der Waals surface area contributed by atoms with Crippen molar-refractivity contribution in [3.63, 3.8) is 0 Å². The van der Waals surface area contributed by atoms with Crippen LogP contribution in [-0.4, -0.2) is 39.6 Å². The topological polar surface area (TPSA) is 3.24 Å². The molecule has 0 saturated carbocycles. The Balaban J connectivity index is 1.41. The average Bonchev–Trinajstić information content (AvgIpc) is 2.81. The first-order chi connectivity index (χ1) is 10.1. The van der Waals surface area contributed by atoms with Crippen LogP contribution in [0.1, 0.15) is 32.3 Å². The molecule has 2 saturated heterocycles. The highest BCUT2D eigenvalue weighted by Crippen LogP contribution is 2.47. The lowest BCUT2D eigenvalue weighted by Crippen LogP contribution is -2.38. The number of benzene rings is 1. The molecular formula is C18H27NS2. The summed E-state index contributed by atoms with van der Waals surface area (Å²) in [6, 6.07) is 11.0. The monoisotopic (exact) mass is 321 g/mol. The van der Waals surface area contributed by atoms with Gasteiger partial charge in [-0.1, -0.05) is 30.3 Å². The maximum atomic E-state index is 2.71. The van der Waals surface area contributed by atoms with Crippen molar-refractivity contribution in [1.82, 2.24) is 4.90 Å². The van der Waals surface area contributed by atoms with Crippen molar-refractivity contribution >= 4 is 23.5 Å². The molecule has 2 aliphatic heterocycles. The highest BCUT2D eigenvalue weighted by atomic mass is 32.2.